The predicted molar refractivity (Wildman–Crippen MR) is 304 cm³/mol. The van der Waals surface area contributed by atoms with Crippen molar-refractivity contribution in [2.24, 2.45) is 0 Å². The van der Waals surface area contributed by atoms with Crippen LogP contribution in [-0.2, 0) is 36.3 Å². The number of carboxylic acids is 1. The first kappa shape index (κ1) is 70.6. The van der Waals surface area contributed by atoms with Crippen LogP contribution in [0.15, 0.2) is 60.8 Å². The van der Waals surface area contributed by atoms with Gasteiger partial charge in [0, 0.05) is 19.7 Å². The van der Waals surface area contributed by atoms with Crippen molar-refractivity contribution < 1.29 is 61.4 Å². The van der Waals surface area contributed by atoms with E-state index < -0.39 is 59.4 Å². The van der Waals surface area contributed by atoms with Crippen molar-refractivity contribution in [2.75, 3.05) is 71.7 Å². The summed E-state index contributed by atoms with van der Waals surface area (Å²) in [6.07, 6.45) is -3.50. The number of ether oxygens (including phenoxy) is 2. The molecule has 2 aromatic heterocycles. The third-order valence-electron chi connectivity index (χ3n) is 10.1. The van der Waals surface area contributed by atoms with Gasteiger partial charge in [-0.1, -0.05) is 83.7 Å². The van der Waals surface area contributed by atoms with Crippen molar-refractivity contribution in [3.05, 3.63) is 103 Å². The van der Waals surface area contributed by atoms with Crippen LogP contribution in [0.1, 0.15) is 58.2 Å². The number of nitrogen functional groups attached to an aromatic ring is 1. The number of fused-ring (bicyclic) bond motifs is 1. The van der Waals surface area contributed by atoms with Crippen LogP contribution in [0.5, 0.6) is 5.75 Å². The number of nitrogens with zero attached hydrogens (tertiary/aromatic N) is 8. The van der Waals surface area contributed by atoms with Crippen molar-refractivity contribution >= 4 is 130 Å². The number of aryl methyl sites for hydroxylation is 2. The number of nitrogens with two attached hydrogens (primary N) is 1. The van der Waals surface area contributed by atoms with E-state index in [1.807, 2.05) is 77.9 Å². The molecule has 0 spiro atoms. The number of aromatic nitrogens is 5. The molecule has 23 nitrogen and oxygen atoms in total. The van der Waals surface area contributed by atoms with E-state index in [0.717, 1.165) is 46.3 Å². The second-order valence-electron chi connectivity index (χ2n) is 16.9. The monoisotopic (exact) mass is 1270 g/mol. The molecule has 2 amide bonds. The Hall–Kier alpha value is -5.51. The van der Waals surface area contributed by atoms with Crippen molar-refractivity contribution in [1.82, 2.24) is 30.0 Å². The zero-order valence-corrected chi connectivity index (χ0v) is 49.6. The first-order chi connectivity index (χ1) is 37.3. The zero-order chi connectivity index (χ0) is 60.8. The second kappa shape index (κ2) is 33.4. The summed E-state index contributed by atoms with van der Waals surface area (Å²) in [6, 6.07) is 14.9. The Morgan fingerprint density at radius 2 is 1.64 bits per heavy atom. The Morgan fingerprint density at radius 3 is 2.14 bits per heavy atom. The first-order valence-electron chi connectivity index (χ1n) is 23.6. The highest BCUT2D eigenvalue weighted by molar-refractivity contribution is 7.51. The highest BCUT2D eigenvalue weighted by atomic mass is 35.5. The number of aliphatic carboxylic acids is 1. The molecule has 2 atom stereocenters. The topological polar surface area (TPSA) is 316 Å². The van der Waals surface area contributed by atoms with E-state index in [9.17, 15) is 42.2 Å². The maximum atomic E-state index is 12.6. The number of carbonyl (C=O) groups excluding carboxylic acids is 2. The van der Waals surface area contributed by atoms with Crippen LogP contribution in [0.2, 0.25) is 15.3 Å². The maximum Gasteiger partial charge on any atom is 0.416 e. The molecule has 1 aliphatic rings. The van der Waals surface area contributed by atoms with Crippen molar-refractivity contribution in [2.45, 2.75) is 84.0 Å². The number of carbonyl (C=O) groups is 3. The van der Waals surface area contributed by atoms with Gasteiger partial charge >= 0.3 is 25.4 Å². The van der Waals surface area contributed by atoms with Gasteiger partial charge in [0.25, 0.3) is 5.91 Å². The van der Waals surface area contributed by atoms with E-state index >= 15 is 0 Å². The van der Waals surface area contributed by atoms with Crippen LogP contribution >= 0.6 is 77.2 Å². The largest absolute Gasteiger partial charge is 0.489 e. The summed E-state index contributed by atoms with van der Waals surface area (Å²) in [5, 5.41) is 29.8. The molecular weight excluding hydrogens is 1210 g/mol. The second-order valence-corrected chi connectivity index (χ2v) is 21.0. The lowest BCUT2D eigenvalue weighted by molar-refractivity contribution is -0.383. The highest BCUT2D eigenvalue weighted by Crippen LogP contribution is 2.39. The van der Waals surface area contributed by atoms with Gasteiger partial charge in [0.1, 0.15) is 30.1 Å². The van der Waals surface area contributed by atoms with Gasteiger partial charge in [0.2, 0.25) is 28.9 Å². The van der Waals surface area contributed by atoms with Crippen LogP contribution in [-0.4, -0.2) is 131 Å². The number of methoxy groups -OCH3 is 1. The number of nitrogens with one attached hydrogen (secondary N) is 3. The third kappa shape index (κ3) is 22.4. The molecule has 80 heavy (non-hydrogen) atoms. The van der Waals surface area contributed by atoms with Gasteiger partial charge in [0.05, 0.1) is 63.4 Å². The molecule has 0 fully saturated rings. The molecule has 0 radical (unpaired) electrons. The van der Waals surface area contributed by atoms with Gasteiger partial charge in [-0.3, -0.25) is 34.4 Å². The molecule has 0 bridgehead atoms. The molecule has 442 valence electrons. The summed E-state index contributed by atoms with van der Waals surface area (Å²) in [6.45, 7) is 15.2. The molecule has 8 N–H and O–H groups in total. The SMILES string of the molecule is CC1COc2ccccc2N1C(=O)C(Cl)Cl.CCNc1nc(Cl)nc(NC(C)C)n1.CCc1cccc(C)c1N(C(=O)CCl)C(C)COC.Nc1c([N+](=O)[O-])cnn1-c1c(Cl)cc(C(F)(F)F)cc1Cl.O=C(O)CNCP(=O)(O)O. The maximum absolute atomic E-state index is 12.6. The lowest BCUT2D eigenvalue weighted by atomic mass is 10.0. The Bertz CT molecular complexity index is 2890. The molecule has 3 aromatic carbocycles. The number of halogens is 9. The fraction of sp³-hybridized carbons (Fsp3) is 0.426. The van der Waals surface area contributed by atoms with Crippen LogP contribution in [0.4, 0.5) is 47.9 Å². The zero-order valence-electron chi connectivity index (χ0n) is 44.1. The summed E-state index contributed by atoms with van der Waals surface area (Å²) in [5.74, 6) is -0.292. The molecule has 0 aliphatic carbocycles. The van der Waals surface area contributed by atoms with Gasteiger partial charge in [0.15, 0.2) is 4.84 Å². The number of nitro groups is 1. The molecule has 3 heterocycles. The van der Waals surface area contributed by atoms with E-state index in [1.165, 1.54) is 0 Å². The number of benzene rings is 3. The van der Waals surface area contributed by atoms with Crippen molar-refractivity contribution in [3.63, 3.8) is 0 Å². The Balaban J connectivity index is 0.000000348. The molecule has 0 saturated heterocycles. The minimum Gasteiger partial charge on any atom is -0.489 e. The molecule has 1 aliphatic heterocycles. The lowest BCUT2D eigenvalue weighted by Gasteiger charge is -2.35. The molecule has 33 heteroatoms. The summed E-state index contributed by atoms with van der Waals surface area (Å²) in [4.78, 5) is 74.4. The van der Waals surface area contributed by atoms with E-state index in [2.05, 4.69) is 49.0 Å². The fourth-order valence-corrected chi connectivity index (χ4v) is 8.43. The van der Waals surface area contributed by atoms with Crippen molar-refractivity contribution in [1.29, 1.82) is 0 Å². The fourth-order valence-electron chi connectivity index (χ4n) is 6.88. The standard InChI is InChI=1S/C15H22ClNO2.C11H11Cl2NO2.C10H5Cl2F3N4O2.C8H14ClN5.C3H8NO5P/c1-5-13-8-6-7-11(2)15(13)17(14(18)9-16)12(3)10-19-4;1-7-6-16-9-5-3-2-4-8(9)14(7)11(15)10(12)13;11-5-1-4(10(13,14)15)2-6(12)8(5)18-9(16)7(3-17-18)19(20)21;1-4-10-7-12-6(9)13-8(14-7)11-5(2)3;5-3(6)1-4-2-10(7,8)9/h6-8,12H,5,9-10H2,1-4H3;2-5,7,10H,6H2,1H3;1-3H,16H2;5H,4H2,1-3H3,(H2,10,11,12,13,14);4H,1-2H2,(H,5,6)(H2,7,8,9). The molecule has 2 unspecified atom stereocenters. The molecule has 0 saturated carbocycles. The van der Waals surface area contributed by atoms with Gasteiger partial charge < -0.3 is 50.5 Å². The van der Waals surface area contributed by atoms with Crippen LogP contribution in [0.25, 0.3) is 5.69 Å². The van der Waals surface area contributed by atoms with Gasteiger partial charge in [-0.25, -0.2) is 4.68 Å². The number of anilines is 5. The number of para-hydroxylation sites is 3. The van der Waals surface area contributed by atoms with E-state index in [-0.39, 0.29) is 56.8 Å². The minimum atomic E-state index is -4.63. The lowest BCUT2D eigenvalue weighted by Crippen LogP contribution is -2.47. The number of hydrogen-bond donors (Lipinski definition) is 7. The van der Waals surface area contributed by atoms with Gasteiger partial charge in [-0.15, -0.1) is 11.6 Å². The van der Waals surface area contributed by atoms with Crippen LogP contribution < -0.4 is 36.2 Å². The summed E-state index contributed by atoms with van der Waals surface area (Å²) in [7, 11) is -2.46. The van der Waals surface area contributed by atoms with Gasteiger partial charge in [-0.05, 0) is 95.0 Å². The van der Waals surface area contributed by atoms with E-state index in [1.54, 1.807) is 16.9 Å². The molecule has 5 aromatic rings. The minimum absolute atomic E-state index is 0.0223. The quantitative estimate of drug-likeness (QED) is 0.0197. The number of amides is 2. The normalized spacial score (nSPS) is 13.1. The molecule has 6 rings (SSSR count). The Labute approximate surface area is 488 Å². The summed E-state index contributed by atoms with van der Waals surface area (Å²) in [5.41, 5.74) is 7.71. The summed E-state index contributed by atoms with van der Waals surface area (Å²) < 4.78 is 59.4. The number of alkyl halides is 6. The van der Waals surface area contributed by atoms with Gasteiger partial charge in [-0.2, -0.15) is 33.2 Å². The predicted octanol–water partition coefficient (Wildman–Crippen LogP) is 10.0. The van der Waals surface area contributed by atoms with E-state index in [0.29, 0.717) is 43.0 Å². The Kier molecular flexibility index (Phi) is 29.5. The highest BCUT2D eigenvalue weighted by Gasteiger charge is 2.34. The third-order valence-corrected chi connectivity index (χ3v) is 12.1. The number of hydrogen-bond acceptors (Lipinski definition) is 16. The van der Waals surface area contributed by atoms with E-state index in [4.69, 9.17) is 99.7 Å². The van der Waals surface area contributed by atoms with Crippen molar-refractivity contribution in [3.8, 4) is 11.4 Å². The van der Waals surface area contributed by atoms with Crippen LogP contribution in [0.3, 0.4) is 0 Å². The van der Waals surface area contributed by atoms with Crippen LogP contribution in [0, 0.1) is 17.0 Å². The summed E-state index contributed by atoms with van der Waals surface area (Å²) >= 11 is 34.3. The molecular formula is C47H60Cl6F3N12O11P. The average Bonchev–Trinajstić information content (AvgIpc) is 3.74. The first-order valence-corrected chi connectivity index (χ1v) is 27.9. The Morgan fingerprint density at radius 1 is 1.02 bits per heavy atom. The average molecular weight is 1270 g/mol. The number of rotatable bonds is 17. The number of carboxylic acid groups (broad SMARTS) is 1. The smallest absolute Gasteiger partial charge is 0.416 e.